The molecule has 17 heavy (non-hydrogen) atoms. The van der Waals surface area contributed by atoms with Gasteiger partial charge in [0.05, 0.1) is 4.88 Å². The minimum atomic E-state index is 0.745. The van der Waals surface area contributed by atoms with Gasteiger partial charge in [0.1, 0.15) is 0 Å². The molecule has 3 nitrogen and oxygen atoms in total. The van der Waals surface area contributed by atoms with E-state index in [4.69, 9.17) is 0 Å². The molecule has 0 aromatic carbocycles. The minimum absolute atomic E-state index is 0.745. The van der Waals surface area contributed by atoms with Crippen molar-refractivity contribution in [3.8, 4) is 10.7 Å². The molecule has 0 unspecified atom stereocenters. The Hall–Kier alpha value is -0.810. The molecule has 1 fully saturated rings. The number of hydrogen-bond acceptors (Lipinski definition) is 4. The monoisotopic (exact) mass is 265 g/mol. The van der Waals surface area contributed by atoms with Crippen LogP contribution >= 0.6 is 23.1 Å². The number of thiophene rings is 1. The SMILES string of the molecule is Cn1c(SC2CCCC2)nnc1-c1cccs1. The molecule has 1 saturated carbocycles. The highest BCUT2D eigenvalue weighted by molar-refractivity contribution is 7.99. The Labute approximate surface area is 109 Å². The number of nitrogens with zero attached hydrogens (tertiary/aromatic N) is 3. The van der Waals surface area contributed by atoms with E-state index in [-0.39, 0.29) is 0 Å². The zero-order valence-corrected chi connectivity index (χ0v) is 11.4. The largest absolute Gasteiger partial charge is 0.304 e. The third-order valence-electron chi connectivity index (χ3n) is 3.15. The van der Waals surface area contributed by atoms with Crippen molar-refractivity contribution < 1.29 is 0 Å². The van der Waals surface area contributed by atoms with Crippen LogP contribution in [0, 0.1) is 0 Å². The van der Waals surface area contributed by atoms with Crippen LogP contribution in [0.15, 0.2) is 22.7 Å². The van der Waals surface area contributed by atoms with Crippen molar-refractivity contribution >= 4 is 23.1 Å². The normalized spacial score (nSPS) is 16.8. The minimum Gasteiger partial charge on any atom is -0.304 e. The van der Waals surface area contributed by atoms with Crippen molar-refractivity contribution in [1.82, 2.24) is 14.8 Å². The van der Waals surface area contributed by atoms with Gasteiger partial charge in [-0.25, -0.2) is 0 Å². The first-order valence-electron chi connectivity index (χ1n) is 5.94. The van der Waals surface area contributed by atoms with Crippen molar-refractivity contribution in [2.75, 3.05) is 0 Å². The van der Waals surface area contributed by atoms with E-state index in [9.17, 15) is 0 Å². The highest BCUT2D eigenvalue weighted by atomic mass is 32.2. The predicted octanol–water partition coefficient (Wildman–Crippen LogP) is 3.58. The number of hydrogen-bond donors (Lipinski definition) is 0. The third kappa shape index (κ3) is 2.26. The van der Waals surface area contributed by atoms with Crippen molar-refractivity contribution in [2.45, 2.75) is 36.1 Å². The fraction of sp³-hybridized carbons (Fsp3) is 0.500. The second-order valence-corrected chi connectivity index (χ2v) is 6.58. The van der Waals surface area contributed by atoms with Crippen LogP contribution in [0.1, 0.15) is 25.7 Å². The first kappa shape index (κ1) is 11.3. The molecule has 0 radical (unpaired) electrons. The molecule has 1 aliphatic rings. The molecule has 0 atom stereocenters. The van der Waals surface area contributed by atoms with Gasteiger partial charge in [-0.2, -0.15) is 0 Å². The van der Waals surface area contributed by atoms with Crippen molar-refractivity contribution in [2.24, 2.45) is 7.05 Å². The van der Waals surface area contributed by atoms with Gasteiger partial charge in [0.2, 0.25) is 0 Å². The summed E-state index contributed by atoms with van der Waals surface area (Å²) in [6, 6.07) is 4.15. The lowest BCUT2D eigenvalue weighted by Crippen LogP contribution is -1.99. The molecule has 0 amide bonds. The van der Waals surface area contributed by atoms with Crippen LogP contribution in [0.3, 0.4) is 0 Å². The number of rotatable bonds is 3. The molecule has 3 rings (SSSR count). The Balaban J connectivity index is 1.82. The lowest BCUT2D eigenvalue weighted by molar-refractivity contribution is 0.784. The van der Waals surface area contributed by atoms with Crippen molar-refractivity contribution in [3.05, 3.63) is 17.5 Å². The van der Waals surface area contributed by atoms with Gasteiger partial charge in [-0.3, -0.25) is 0 Å². The van der Waals surface area contributed by atoms with Crippen LogP contribution in [-0.2, 0) is 7.05 Å². The van der Waals surface area contributed by atoms with Crippen LogP contribution in [0.25, 0.3) is 10.7 Å². The molecule has 1 aliphatic carbocycles. The van der Waals surface area contributed by atoms with Crippen LogP contribution in [0.2, 0.25) is 0 Å². The highest BCUT2D eigenvalue weighted by Gasteiger charge is 2.20. The zero-order valence-electron chi connectivity index (χ0n) is 9.80. The van der Waals surface area contributed by atoms with E-state index in [0.717, 1.165) is 16.2 Å². The summed E-state index contributed by atoms with van der Waals surface area (Å²) in [7, 11) is 2.06. The molecule has 5 heteroatoms. The standard InChI is InChI=1S/C12H15N3S2/c1-15-11(10-7-4-8-16-10)13-14-12(15)17-9-5-2-3-6-9/h4,7-9H,2-3,5-6H2,1H3. The molecule has 90 valence electrons. The molecule has 0 spiro atoms. The van der Waals surface area contributed by atoms with Gasteiger partial charge >= 0.3 is 0 Å². The van der Waals surface area contributed by atoms with Crippen molar-refractivity contribution in [3.63, 3.8) is 0 Å². The molecular formula is C12H15N3S2. The first-order valence-corrected chi connectivity index (χ1v) is 7.70. The van der Waals surface area contributed by atoms with Gasteiger partial charge in [0, 0.05) is 12.3 Å². The van der Waals surface area contributed by atoms with E-state index in [1.54, 1.807) is 11.3 Å². The highest BCUT2D eigenvalue weighted by Crippen LogP contribution is 2.35. The first-order chi connectivity index (χ1) is 8.34. The van der Waals surface area contributed by atoms with E-state index >= 15 is 0 Å². The van der Waals surface area contributed by atoms with Crippen LogP contribution < -0.4 is 0 Å². The van der Waals surface area contributed by atoms with Crippen molar-refractivity contribution in [1.29, 1.82) is 0 Å². The third-order valence-corrected chi connectivity index (χ3v) is 5.39. The van der Waals surface area contributed by atoms with Gasteiger partial charge in [-0.15, -0.1) is 21.5 Å². The average molecular weight is 265 g/mol. The Bertz CT molecular complexity index is 484. The molecule has 0 bridgehead atoms. The Morgan fingerprint density at radius 1 is 1.35 bits per heavy atom. The zero-order chi connectivity index (χ0) is 11.7. The van der Waals surface area contributed by atoms with Gasteiger partial charge in [0.25, 0.3) is 0 Å². The van der Waals surface area contributed by atoms with E-state index in [0.29, 0.717) is 0 Å². The summed E-state index contributed by atoms with van der Waals surface area (Å²) in [5.74, 6) is 0.987. The van der Waals surface area contributed by atoms with Gasteiger partial charge in [-0.05, 0) is 24.3 Å². The number of aromatic nitrogens is 3. The summed E-state index contributed by atoms with van der Waals surface area (Å²) in [6.07, 6.45) is 5.39. The lowest BCUT2D eigenvalue weighted by atomic mass is 10.4. The average Bonchev–Trinajstić information content (AvgIpc) is 3.03. The molecule has 0 saturated heterocycles. The molecule has 0 aliphatic heterocycles. The fourth-order valence-corrected chi connectivity index (χ4v) is 4.14. The van der Waals surface area contributed by atoms with Crippen LogP contribution in [-0.4, -0.2) is 20.0 Å². The summed E-state index contributed by atoms with van der Waals surface area (Å²) in [5.41, 5.74) is 0. The number of thioether (sulfide) groups is 1. The molecule has 2 aromatic rings. The summed E-state index contributed by atoms with van der Waals surface area (Å²) in [6.45, 7) is 0. The topological polar surface area (TPSA) is 30.7 Å². The van der Waals surface area contributed by atoms with E-state index in [1.165, 1.54) is 30.6 Å². The summed E-state index contributed by atoms with van der Waals surface area (Å²) >= 11 is 3.60. The second kappa shape index (κ2) is 4.82. The summed E-state index contributed by atoms with van der Waals surface area (Å²) in [4.78, 5) is 1.19. The second-order valence-electron chi connectivity index (χ2n) is 4.37. The lowest BCUT2D eigenvalue weighted by Gasteiger charge is -2.07. The summed E-state index contributed by atoms with van der Waals surface area (Å²) in [5, 5.41) is 12.5. The smallest absolute Gasteiger partial charge is 0.191 e. The molecule has 0 N–H and O–H groups in total. The van der Waals surface area contributed by atoms with Gasteiger partial charge in [-0.1, -0.05) is 30.7 Å². The van der Waals surface area contributed by atoms with Gasteiger partial charge in [0.15, 0.2) is 11.0 Å². The Morgan fingerprint density at radius 2 is 2.18 bits per heavy atom. The van der Waals surface area contributed by atoms with E-state index in [1.807, 2.05) is 11.8 Å². The maximum absolute atomic E-state index is 4.32. The fourth-order valence-electron chi connectivity index (χ4n) is 2.19. The van der Waals surface area contributed by atoms with E-state index in [2.05, 4.69) is 39.3 Å². The maximum Gasteiger partial charge on any atom is 0.191 e. The summed E-state index contributed by atoms with van der Waals surface area (Å²) < 4.78 is 2.12. The maximum atomic E-state index is 4.32. The molecule has 2 heterocycles. The Kier molecular flexibility index (Phi) is 3.20. The quantitative estimate of drug-likeness (QED) is 0.850. The predicted molar refractivity (Wildman–Crippen MR) is 72.4 cm³/mol. The molecular weight excluding hydrogens is 250 g/mol. The van der Waals surface area contributed by atoms with Crippen LogP contribution in [0.5, 0.6) is 0 Å². The van der Waals surface area contributed by atoms with E-state index < -0.39 is 0 Å². The Morgan fingerprint density at radius 3 is 2.88 bits per heavy atom. The van der Waals surface area contributed by atoms with Crippen LogP contribution in [0.4, 0.5) is 0 Å². The van der Waals surface area contributed by atoms with Gasteiger partial charge < -0.3 is 4.57 Å². The molecule has 2 aromatic heterocycles.